The van der Waals surface area contributed by atoms with Crippen LogP contribution in [0.15, 0.2) is 0 Å². The van der Waals surface area contributed by atoms with E-state index in [0.717, 1.165) is 12.8 Å². The summed E-state index contributed by atoms with van der Waals surface area (Å²) in [4.78, 5) is 33.5. The van der Waals surface area contributed by atoms with Crippen molar-refractivity contribution < 1.29 is 19.5 Å². The van der Waals surface area contributed by atoms with Crippen LogP contribution in [0, 0.1) is 5.92 Å². The van der Waals surface area contributed by atoms with Crippen molar-refractivity contribution in [2.45, 2.75) is 38.3 Å². The van der Waals surface area contributed by atoms with E-state index in [1.54, 1.807) is 6.92 Å². The highest BCUT2D eigenvalue weighted by Crippen LogP contribution is 2.33. The Kier molecular flexibility index (Phi) is 4.94. The Balaban J connectivity index is 2.41. The number of rotatable bonds is 6. The molecule has 1 fully saturated rings. The average Bonchev–Trinajstić information content (AvgIpc) is 3.09. The molecule has 7 nitrogen and oxygen atoms in total. The van der Waals surface area contributed by atoms with E-state index >= 15 is 0 Å². The molecule has 0 aromatic heterocycles. The molecular formula is C11H19N3O4. The fourth-order valence-electron chi connectivity index (χ4n) is 1.71. The van der Waals surface area contributed by atoms with Gasteiger partial charge < -0.3 is 21.1 Å². The summed E-state index contributed by atoms with van der Waals surface area (Å²) in [7, 11) is 1.48. The molecule has 102 valence electrons. The summed E-state index contributed by atoms with van der Waals surface area (Å²) in [5.41, 5.74) is 0. The molecule has 2 atom stereocenters. The number of carbonyl (C=O) groups excluding carboxylic acids is 2. The molecule has 3 amide bonds. The molecule has 1 rings (SSSR count). The summed E-state index contributed by atoms with van der Waals surface area (Å²) in [5, 5.41) is 16.2. The topological polar surface area (TPSA) is 108 Å². The minimum Gasteiger partial charge on any atom is -0.481 e. The van der Waals surface area contributed by atoms with Crippen molar-refractivity contribution in [1.29, 1.82) is 0 Å². The SMILES string of the molecule is CNC(=O)C(C)NC(=O)NC(CC(=O)O)C1CC1. The predicted octanol–water partition coefficient (Wildman–Crippen LogP) is -0.327. The Bertz CT molecular complexity index is 341. The first kappa shape index (κ1) is 14.3. The number of urea groups is 1. The number of likely N-dealkylation sites (N-methyl/N-ethyl adjacent to an activating group) is 1. The van der Waals surface area contributed by atoms with Gasteiger partial charge in [0.1, 0.15) is 6.04 Å². The minimum absolute atomic E-state index is 0.0908. The van der Waals surface area contributed by atoms with E-state index in [0.29, 0.717) is 0 Å². The van der Waals surface area contributed by atoms with Crippen LogP contribution in [0.2, 0.25) is 0 Å². The quantitative estimate of drug-likeness (QED) is 0.522. The molecule has 1 saturated carbocycles. The largest absolute Gasteiger partial charge is 0.481 e. The second-order valence-electron chi connectivity index (χ2n) is 4.50. The molecule has 0 aromatic rings. The standard InChI is InChI=1S/C11H19N3O4/c1-6(10(17)12-2)13-11(18)14-8(5-9(15)16)7-3-4-7/h6-8H,3-5H2,1-2H3,(H,12,17)(H,15,16)(H2,13,14,18). The molecule has 0 aliphatic heterocycles. The lowest BCUT2D eigenvalue weighted by atomic mass is 10.1. The van der Waals surface area contributed by atoms with Gasteiger partial charge >= 0.3 is 12.0 Å². The number of hydrogen-bond donors (Lipinski definition) is 4. The Morgan fingerprint density at radius 1 is 1.28 bits per heavy atom. The third-order valence-electron chi connectivity index (χ3n) is 2.89. The van der Waals surface area contributed by atoms with Crippen LogP contribution >= 0.6 is 0 Å². The molecule has 18 heavy (non-hydrogen) atoms. The lowest BCUT2D eigenvalue weighted by Crippen LogP contribution is -2.51. The van der Waals surface area contributed by atoms with E-state index < -0.39 is 18.0 Å². The lowest BCUT2D eigenvalue weighted by Gasteiger charge is -2.19. The highest BCUT2D eigenvalue weighted by atomic mass is 16.4. The van der Waals surface area contributed by atoms with Gasteiger partial charge in [-0.3, -0.25) is 9.59 Å². The van der Waals surface area contributed by atoms with Crippen LogP contribution < -0.4 is 16.0 Å². The third kappa shape index (κ3) is 4.60. The normalized spacial score (nSPS) is 17.4. The second kappa shape index (κ2) is 6.23. The number of carboxylic acid groups (broad SMARTS) is 1. The van der Waals surface area contributed by atoms with Gasteiger partial charge in [0.15, 0.2) is 0 Å². The number of carboxylic acids is 1. The highest BCUT2D eigenvalue weighted by Gasteiger charge is 2.34. The van der Waals surface area contributed by atoms with E-state index in [2.05, 4.69) is 16.0 Å². The molecule has 0 saturated heterocycles. The molecule has 0 spiro atoms. The van der Waals surface area contributed by atoms with E-state index in [1.165, 1.54) is 7.05 Å². The Morgan fingerprint density at radius 3 is 2.33 bits per heavy atom. The third-order valence-corrected chi connectivity index (χ3v) is 2.89. The minimum atomic E-state index is -0.938. The fraction of sp³-hybridized carbons (Fsp3) is 0.727. The summed E-state index contributed by atoms with van der Waals surface area (Å²) in [6.45, 7) is 1.56. The molecule has 0 radical (unpaired) electrons. The molecule has 2 unspecified atom stereocenters. The number of carbonyl (C=O) groups is 3. The lowest BCUT2D eigenvalue weighted by molar-refractivity contribution is -0.137. The zero-order valence-corrected chi connectivity index (χ0v) is 10.5. The van der Waals surface area contributed by atoms with Crippen molar-refractivity contribution in [3.8, 4) is 0 Å². The number of nitrogens with one attached hydrogen (secondary N) is 3. The van der Waals surface area contributed by atoms with Gasteiger partial charge in [-0.1, -0.05) is 0 Å². The maximum atomic E-state index is 11.6. The van der Waals surface area contributed by atoms with Crippen LogP contribution in [0.25, 0.3) is 0 Å². The molecule has 0 heterocycles. The molecule has 0 bridgehead atoms. The van der Waals surface area contributed by atoms with E-state index in [9.17, 15) is 14.4 Å². The molecule has 1 aliphatic carbocycles. The van der Waals surface area contributed by atoms with Gasteiger partial charge in [0.25, 0.3) is 0 Å². The average molecular weight is 257 g/mol. The van der Waals surface area contributed by atoms with Crippen LogP contribution in [0.4, 0.5) is 4.79 Å². The Hall–Kier alpha value is -1.79. The van der Waals surface area contributed by atoms with Crippen LogP contribution in [0.5, 0.6) is 0 Å². The molecular weight excluding hydrogens is 238 g/mol. The fourth-order valence-corrected chi connectivity index (χ4v) is 1.71. The van der Waals surface area contributed by atoms with Crippen molar-refractivity contribution in [2.75, 3.05) is 7.05 Å². The van der Waals surface area contributed by atoms with Gasteiger partial charge in [-0.25, -0.2) is 4.79 Å². The van der Waals surface area contributed by atoms with Crippen LogP contribution in [-0.4, -0.2) is 42.1 Å². The van der Waals surface area contributed by atoms with Gasteiger partial charge in [-0.2, -0.15) is 0 Å². The maximum Gasteiger partial charge on any atom is 0.315 e. The van der Waals surface area contributed by atoms with Crippen molar-refractivity contribution in [1.82, 2.24) is 16.0 Å². The van der Waals surface area contributed by atoms with E-state index in [-0.39, 0.29) is 24.3 Å². The predicted molar refractivity (Wildman–Crippen MR) is 64.0 cm³/mol. The number of aliphatic carboxylic acids is 1. The van der Waals surface area contributed by atoms with Gasteiger partial charge in [0, 0.05) is 13.1 Å². The second-order valence-corrected chi connectivity index (χ2v) is 4.50. The Labute approximate surface area is 105 Å². The molecule has 1 aliphatic rings. The zero-order chi connectivity index (χ0) is 13.7. The smallest absolute Gasteiger partial charge is 0.315 e. The monoisotopic (exact) mass is 257 g/mol. The summed E-state index contributed by atoms with van der Waals surface area (Å²) in [6.07, 6.45) is 1.78. The first-order valence-corrected chi connectivity index (χ1v) is 5.94. The van der Waals surface area contributed by atoms with Gasteiger partial charge in [0.05, 0.1) is 6.42 Å². The van der Waals surface area contributed by atoms with Gasteiger partial charge in [-0.15, -0.1) is 0 Å². The maximum absolute atomic E-state index is 11.6. The van der Waals surface area contributed by atoms with Gasteiger partial charge in [0.2, 0.25) is 5.91 Å². The first-order chi connectivity index (χ1) is 8.43. The van der Waals surface area contributed by atoms with E-state index in [1.807, 2.05) is 0 Å². The van der Waals surface area contributed by atoms with E-state index in [4.69, 9.17) is 5.11 Å². The first-order valence-electron chi connectivity index (χ1n) is 5.94. The Morgan fingerprint density at radius 2 is 1.89 bits per heavy atom. The zero-order valence-electron chi connectivity index (χ0n) is 10.5. The van der Waals surface area contributed by atoms with Crippen molar-refractivity contribution in [2.24, 2.45) is 5.92 Å². The molecule has 0 aromatic carbocycles. The summed E-state index contributed by atoms with van der Waals surface area (Å²) in [5.74, 6) is -1.000. The van der Waals surface area contributed by atoms with Crippen molar-refractivity contribution in [3.63, 3.8) is 0 Å². The number of amides is 3. The molecule has 4 N–H and O–H groups in total. The molecule has 7 heteroatoms. The number of hydrogen-bond acceptors (Lipinski definition) is 3. The van der Waals surface area contributed by atoms with Crippen LogP contribution in [0.1, 0.15) is 26.2 Å². The van der Waals surface area contributed by atoms with Gasteiger partial charge in [-0.05, 0) is 25.7 Å². The highest BCUT2D eigenvalue weighted by molar-refractivity contribution is 5.86. The van der Waals surface area contributed by atoms with Crippen LogP contribution in [0.3, 0.4) is 0 Å². The van der Waals surface area contributed by atoms with Crippen molar-refractivity contribution >= 4 is 17.9 Å². The summed E-state index contributed by atoms with van der Waals surface area (Å²) in [6, 6.07) is -1.52. The summed E-state index contributed by atoms with van der Waals surface area (Å²) < 4.78 is 0. The summed E-state index contributed by atoms with van der Waals surface area (Å²) >= 11 is 0. The van der Waals surface area contributed by atoms with Crippen LogP contribution in [-0.2, 0) is 9.59 Å². The van der Waals surface area contributed by atoms with Crippen molar-refractivity contribution in [3.05, 3.63) is 0 Å².